The summed E-state index contributed by atoms with van der Waals surface area (Å²) in [5, 5.41) is 6.33. The van der Waals surface area contributed by atoms with Crippen molar-refractivity contribution in [2.45, 2.75) is 45.1 Å². The quantitative estimate of drug-likeness (QED) is 0.861. The minimum atomic E-state index is -0.0298. The zero-order chi connectivity index (χ0) is 12.8. The third-order valence-corrected chi connectivity index (χ3v) is 3.48. The van der Waals surface area contributed by atoms with Crippen LogP contribution in [0.5, 0.6) is 0 Å². The Morgan fingerprint density at radius 1 is 1.39 bits per heavy atom. The zero-order valence-corrected chi connectivity index (χ0v) is 11.0. The number of benzene rings is 1. The highest BCUT2D eigenvalue weighted by atomic mass is 16.2. The van der Waals surface area contributed by atoms with Crippen LogP contribution in [-0.4, -0.2) is 18.5 Å². The van der Waals surface area contributed by atoms with E-state index < -0.39 is 0 Å². The van der Waals surface area contributed by atoms with E-state index in [4.69, 9.17) is 0 Å². The Morgan fingerprint density at radius 3 is 3.11 bits per heavy atom. The summed E-state index contributed by atoms with van der Waals surface area (Å²) < 4.78 is 0. The third-order valence-electron chi connectivity index (χ3n) is 3.48. The van der Waals surface area contributed by atoms with Gasteiger partial charge in [0.15, 0.2) is 0 Å². The number of carbonyl (C=O) groups excluding carboxylic acids is 1. The lowest BCUT2D eigenvalue weighted by Gasteiger charge is -2.15. The predicted molar refractivity (Wildman–Crippen MR) is 74.7 cm³/mol. The summed E-state index contributed by atoms with van der Waals surface area (Å²) in [6.07, 6.45) is 5.47. The molecule has 1 amide bonds. The number of hydrogen-bond donors (Lipinski definition) is 2. The molecule has 1 atom stereocenters. The van der Waals surface area contributed by atoms with Crippen molar-refractivity contribution in [1.82, 2.24) is 5.32 Å². The van der Waals surface area contributed by atoms with Gasteiger partial charge in [0.05, 0.1) is 6.04 Å². The second-order valence-electron chi connectivity index (χ2n) is 4.90. The first kappa shape index (κ1) is 13.1. The number of amides is 1. The lowest BCUT2D eigenvalue weighted by Crippen LogP contribution is -2.39. The maximum atomic E-state index is 12.1. The van der Waals surface area contributed by atoms with Crippen molar-refractivity contribution in [2.24, 2.45) is 0 Å². The van der Waals surface area contributed by atoms with Crippen molar-refractivity contribution in [2.75, 3.05) is 11.9 Å². The molecule has 0 aliphatic carbocycles. The number of aryl methyl sites for hydroxylation is 1. The fourth-order valence-electron chi connectivity index (χ4n) is 2.35. The van der Waals surface area contributed by atoms with E-state index in [-0.39, 0.29) is 11.9 Å². The van der Waals surface area contributed by atoms with Crippen molar-refractivity contribution < 1.29 is 4.79 Å². The fourth-order valence-corrected chi connectivity index (χ4v) is 2.35. The maximum Gasteiger partial charge on any atom is 0.241 e. The van der Waals surface area contributed by atoms with Crippen LogP contribution in [0.1, 0.15) is 38.2 Å². The number of nitrogens with one attached hydrogen (secondary N) is 2. The van der Waals surface area contributed by atoms with Crippen LogP contribution in [0.3, 0.4) is 0 Å². The summed E-state index contributed by atoms with van der Waals surface area (Å²) >= 11 is 0. The number of rotatable bonds is 3. The summed E-state index contributed by atoms with van der Waals surface area (Å²) in [6, 6.07) is 8.05. The third kappa shape index (κ3) is 3.57. The van der Waals surface area contributed by atoms with Crippen LogP contribution in [0, 0.1) is 0 Å². The van der Waals surface area contributed by atoms with Gasteiger partial charge in [-0.3, -0.25) is 4.79 Å². The fraction of sp³-hybridized carbons (Fsp3) is 0.533. The topological polar surface area (TPSA) is 41.1 Å². The first-order chi connectivity index (χ1) is 8.79. The van der Waals surface area contributed by atoms with E-state index in [2.05, 4.69) is 29.7 Å². The molecular weight excluding hydrogens is 224 g/mol. The van der Waals surface area contributed by atoms with E-state index in [0.29, 0.717) is 0 Å². The summed E-state index contributed by atoms with van der Waals surface area (Å²) in [5.74, 6) is 0.102. The highest BCUT2D eigenvalue weighted by molar-refractivity contribution is 5.94. The highest BCUT2D eigenvalue weighted by Crippen LogP contribution is 2.14. The van der Waals surface area contributed by atoms with E-state index >= 15 is 0 Å². The summed E-state index contributed by atoms with van der Waals surface area (Å²) in [6.45, 7) is 3.07. The molecule has 2 rings (SSSR count). The second-order valence-corrected chi connectivity index (χ2v) is 4.90. The van der Waals surface area contributed by atoms with Gasteiger partial charge < -0.3 is 10.6 Å². The van der Waals surface area contributed by atoms with E-state index in [9.17, 15) is 4.79 Å². The molecule has 0 bridgehead atoms. The normalized spacial score (nSPS) is 20.2. The summed E-state index contributed by atoms with van der Waals surface area (Å²) in [4.78, 5) is 12.1. The van der Waals surface area contributed by atoms with Gasteiger partial charge in [0.2, 0.25) is 5.91 Å². The van der Waals surface area contributed by atoms with Crippen molar-refractivity contribution in [3.63, 3.8) is 0 Å². The minimum Gasteiger partial charge on any atom is -0.325 e. The minimum absolute atomic E-state index is 0.0298. The molecule has 2 N–H and O–H groups in total. The van der Waals surface area contributed by atoms with Crippen LogP contribution < -0.4 is 10.6 Å². The molecule has 0 saturated carbocycles. The lowest BCUT2D eigenvalue weighted by molar-refractivity contribution is -0.118. The zero-order valence-electron chi connectivity index (χ0n) is 11.0. The number of hydrogen-bond acceptors (Lipinski definition) is 2. The van der Waals surface area contributed by atoms with Crippen LogP contribution in [0.2, 0.25) is 0 Å². The molecular formula is C15H22N2O. The molecule has 0 spiro atoms. The second kappa shape index (κ2) is 6.55. The van der Waals surface area contributed by atoms with E-state index in [1.165, 1.54) is 18.4 Å². The Kier molecular flexibility index (Phi) is 4.76. The van der Waals surface area contributed by atoms with E-state index in [1.807, 2.05) is 12.1 Å². The van der Waals surface area contributed by atoms with Gasteiger partial charge in [-0.05, 0) is 43.5 Å². The Bertz CT molecular complexity index is 395. The average molecular weight is 246 g/mol. The predicted octanol–water partition coefficient (Wildman–Crippen LogP) is 2.72. The maximum absolute atomic E-state index is 12.1. The van der Waals surface area contributed by atoms with Gasteiger partial charge in [0.25, 0.3) is 0 Å². The van der Waals surface area contributed by atoms with Gasteiger partial charge >= 0.3 is 0 Å². The molecule has 1 aliphatic rings. The van der Waals surface area contributed by atoms with Crippen LogP contribution in [-0.2, 0) is 11.2 Å². The molecule has 1 aromatic carbocycles. The first-order valence-electron chi connectivity index (χ1n) is 6.93. The average Bonchev–Trinajstić information content (AvgIpc) is 2.68. The molecule has 3 nitrogen and oxygen atoms in total. The summed E-state index contributed by atoms with van der Waals surface area (Å²) in [7, 11) is 0. The van der Waals surface area contributed by atoms with Crippen LogP contribution in [0.25, 0.3) is 0 Å². The molecule has 1 heterocycles. The molecule has 1 aromatic rings. The highest BCUT2D eigenvalue weighted by Gasteiger charge is 2.19. The standard InChI is InChI=1S/C15H22N2O/c1-2-12-7-6-8-13(11-12)17-15(18)14-9-4-3-5-10-16-14/h6-8,11,14,16H,2-5,9-10H2,1H3,(H,17,18). The SMILES string of the molecule is CCc1cccc(NC(=O)C2CCCCCN2)c1. The lowest BCUT2D eigenvalue weighted by atomic mass is 10.1. The van der Waals surface area contributed by atoms with Gasteiger partial charge in [-0.15, -0.1) is 0 Å². The Hall–Kier alpha value is -1.35. The van der Waals surface area contributed by atoms with Crippen molar-refractivity contribution in [3.8, 4) is 0 Å². The molecule has 0 radical (unpaired) electrons. The largest absolute Gasteiger partial charge is 0.325 e. The summed E-state index contributed by atoms with van der Waals surface area (Å²) in [5.41, 5.74) is 2.16. The van der Waals surface area contributed by atoms with E-state index in [0.717, 1.165) is 31.5 Å². The molecule has 3 heteroatoms. The smallest absolute Gasteiger partial charge is 0.241 e. The van der Waals surface area contributed by atoms with Crippen LogP contribution in [0.15, 0.2) is 24.3 Å². The van der Waals surface area contributed by atoms with Crippen LogP contribution >= 0.6 is 0 Å². The Labute approximate surface area is 109 Å². The molecule has 1 saturated heterocycles. The van der Waals surface area contributed by atoms with Crippen LogP contribution in [0.4, 0.5) is 5.69 Å². The monoisotopic (exact) mass is 246 g/mol. The van der Waals surface area contributed by atoms with Gasteiger partial charge in [-0.1, -0.05) is 31.9 Å². The van der Waals surface area contributed by atoms with Crippen molar-refractivity contribution in [3.05, 3.63) is 29.8 Å². The van der Waals surface area contributed by atoms with Crippen molar-refractivity contribution in [1.29, 1.82) is 0 Å². The molecule has 1 unspecified atom stereocenters. The van der Waals surface area contributed by atoms with Gasteiger partial charge in [0.1, 0.15) is 0 Å². The first-order valence-corrected chi connectivity index (χ1v) is 6.93. The van der Waals surface area contributed by atoms with E-state index in [1.54, 1.807) is 0 Å². The molecule has 1 fully saturated rings. The molecule has 1 aliphatic heterocycles. The number of carbonyl (C=O) groups is 1. The molecule has 98 valence electrons. The van der Waals surface area contributed by atoms with Crippen molar-refractivity contribution >= 4 is 11.6 Å². The Morgan fingerprint density at radius 2 is 2.28 bits per heavy atom. The van der Waals surface area contributed by atoms with Gasteiger partial charge in [-0.2, -0.15) is 0 Å². The Balaban J connectivity index is 1.96. The molecule has 0 aromatic heterocycles. The van der Waals surface area contributed by atoms with Gasteiger partial charge in [-0.25, -0.2) is 0 Å². The number of anilines is 1. The molecule has 18 heavy (non-hydrogen) atoms. The van der Waals surface area contributed by atoms with Gasteiger partial charge in [0, 0.05) is 5.69 Å².